The summed E-state index contributed by atoms with van der Waals surface area (Å²) in [5.41, 5.74) is 1.11. The van der Waals surface area contributed by atoms with Gasteiger partial charge in [0, 0.05) is 19.0 Å². The van der Waals surface area contributed by atoms with Crippen LogP contribution in [-0.4, -0.2) is 26.6 Å². The molecule has 0 radical (unpaired) electrons. The number of aryl methyl sites for hydroxylation is 2. The summed E-state index contributed by atoms with van der Waals surface area (Å²) < 4.78 is 7.66. The van der Waals surface area contributed by atoms with Crippen LogP contribution in [0.15, 0.2) is 23.1 Å². The van der Waals surface area contributed by atoms with Gasteiger partial charge in [-0.1, -0.05) is 0 Å². The Labute approximate surface area is 114 Å². The number of rotatable bonds is 5. The molecule has 2 aromatic rings. The van der Waals surface area contributed by atoms with Crippen molar-refractivity contribution in [1.29, 1.82) is 0 Å². The fourth-order valence-corrected chi connectivity index (χ4v) is 1.84. The molecular formula is C14H22N4O. The fourth-order valence-electron chi connectivity index (χ4n) is 1.84. The SMILES string of the molecule is Cn1cncc1-c1cnc(CCCNC(C)(C)C)o1. The highest BCUT2D eigenvalue weighted by Crippen LogP contribution is 2.19. The van der Waals surface area contributed by atoms with Gasteiger partial charge in [-0.15, -0.1) is 0 Å². The number of aromatic nitrogens is 3. The molecule has 0 aliphatic rings. The number of nitrogens with one attached hydrogen (secondary N) is 1. The van der Waals surface area contributed by atoms with Gasteiger partial charge in [0.25, 0.3) is 0 Å². The van der Waals surface area contributed by atoms with E-state index in [0.717, 1.165) is 36.7 Å². The van der Waals surface area contributed by atoms with Crippen molar-refractivity contribution in [2.24, 2.45) is 7.05 Å². The van der Waals surface area contributed by atoms with Gasteiger partial charge in [-0.05, 0) is 33.7 Å². The second kappa shape index (κ2) is 5.57. The molecule has 0 atom stereocenters. The summed E-state index contributed by atoms with van der Waals surface area (Å²) >= 11 is 0. The zero-order chi connectivity index (χ0) is 13.9. The van der Waals surface area contributed by atoms with Gasteiger partial charge in [0.05, 0.1) is 18.7 Å². The summed E-state index contributed by atoms with van der Waals surface area (Å²) in [5, 5.41) is 3.45. The van der Waals surface area contributed by atoms with Crippen LogP contribution < -0.4 is 5.32 Å². The molecule has 0 saturated heterocycles. The molecule has 2 heterocycles. The summed E-state index contributed by atoms with van der Waals surface area (Å²) in [6.07, 6.45) is 7.17. The lowest BCUT2D eigenvalue weighted by Gasteiger charge is -2.19. The van der Waals surface area contributed by atoms with Crippen LogP contribution in [0.2, 0.25) is 0 Å². The Morgan fingerprint density at radius 1 is 1.32 bits per heavy atom. The highest BCUT2D eigenvalue weighted by atomic mass is 16.4. The van der Waals surface area contributed by atoms with Crippen molar-refractivity contribution in [3.05, 3.63) is 24.6 Å². The van der Waals surface area contributed by atoms with Crippen molar-refractivity contribution in [2.75, 3.05) is 6.54 Å². The van der Waals surface area contributed by atoms with Crippen molar-refractivity contribution in [3.63, 3.8) is 0 Å². The molecule has 1 N–H and O–H groups in total. The molecule has 104 valence electrons. The standard InChI is InChI=1S/C14H22N4O/c1-14(2,3)17-7-5-6-13-16-9-12(19-13)11-8-15-10-18(11)4/h8-10,17H,5-7H2,1-4H3. The van der Waals surface area contributed by atoms with E-state index in [1.807, 2.05) is 11.6 Å². The first-order valence-electron chi connectivity index (χ1n) is 6.62. The van der Waals surface area contributed by atoms with Crippen LogP contribution in [0.25, 0.3) is 11.5 Å². The van der Waals surface area contributed by atoms with E-state index in [0.29, 0.717) is 0 Å². The van der Waals surface area contributed by atoms with E-state index in [9.17, 15) is 0 Å². The molecule has 2 aromatic heterocycles. The van der Waals surface area contributed by atoms with Gasteiger partial charge < -0.3 is 14.3 Å². The summed E-state index contributed by atoms with van der Waals surface area (Å²) in [4.78, 5) is 8.39. The minimum Gasteiger partial charge on any atom is -0.439 e. The molecule has 0 bridgehead atoms. The second-order valence-electron chi connectivity index (χ2n) is 5.79. The first kappa shape index (κ1) is 13.8. The van der Waals surface area contributed by atoms with Crippen LogP contribution in [0.1, 0.15) is 33.1 Å². The fraction of sp³-hybridized carbons (Fsp3) is 0.571. The van der Waals surface area contributed by atoms with Crippen molar-refractivity contribution in [2.45, 2.75) is 39.2 Å². The summed E-state index contributed by atoms with van der Waals surface area (Å²) in [6, 6.07) is 0. The molecular weight excluding hydrogens is 240 g/mol. The topological polar surface area (TPSA) is 55.9 Å². The maximum Gasteiger partial charge on any atom is 0.195 e. The lowest BCUT2D eigenvalue weighted by molar-refractivity contribution is 0.412. The van der Waals surface area contributed by atoms with Crippen LogP contribution in [-0.2, 0) is 13.5 Å². The molecule has 0 spiro atoms. The van der Waals surface area contributed by atoms with Crippen LogP contribution in [0.4, 0.5) is 0 Å². The summed E-state index contributed by atoms with van der Waals surface area (Å²) in [7, 11) is 1.94. The molecule has 2 rings (SSSR count). The van der Waals surface area contributed by atoms with Crippen LogP contribution in [0.5, 0.6) is 0 Å². The van der Waals surface area contributed by atoms with E-state index in [1.54, 1.807) is 18.7 Å². The first-order valence-corrected chi connectivity index (χ1v) is 6.62. The third kappa shape index (κ3) is 3.92. The number of imidazole rings is 1. The van der Waals surface area contributed by atoms with E-state index in [-0.39, 0.29) is 5.54 Å². The quantitative estimate of drug-likeness (QED) is 0.841. The maximum atomic E-state index is 5.74. The smallest absolute Gasteiger partial charge is 0.195 e. The monoisotopic (exact) mass is 262 g/mol. The van der Waals surface area contributed by atoms with Gasteiger partial charge in [-0.25, -0.2) is 9.97 Å². The molecule has 0 fully saturated rings. The zero-order valence-electron chi connectivity index (χ0n) is 12.1. The van der Waals surface area contributed by atoms with E-state index in [2.05, 4.69) is 36.1 Å². The van der Waals surface area contributed by atoms with E-state index in [1.165, 1.54) is 0 Å². The van der Waals surface area contributed by atoms with Crippen LogP contribution in [0, 0.1) is 0 Å². The molecule has 0 saturated carbocycles. The molecule has 0 unspecified atom stereocenters. The number of oxazole rings is 1. The number of nitrogens with zero attached hydrogens (tertiary/aromatic N) is 3. The first-order chi connectivity index (χ1) is 8.96. The average molecular weight is 262 g/mol. The molecule has 0 amide bonds. The lowest BCUT2D eigenvalue weighted by Crippen LogP contribution is -2.36. The maximum absolute atomic E-state index is 5.74. The van der Waals surface area contributed by atoms with Gasteiger partial charge in [0.2, 0.25) is 0 Å². The van der Waals surface area contributed by atoms with Crippen molar-refractivity contribution in [1.82, 2.24) is 19.9 Å². The Kier molecular flexibility index (Phi) is 4.04. The van der Waals surface area contributed by atoms with Gasteiger partial charge >= 0.3 is 0 Å². The lowest BCUT2D eigenvalue weighted by atomic mass is 10.1. The van der Waals surface area contributed by atoms with Crippen LogP contribution in [0.3, 0.4) is 0 Å². The molecule has 5 nitrogen and oxygen atoms in total. The van der Waals surface area contributed by atoms with Crippen molar-refractivity contribution >= 4 is 0 Å². The largest absolute Gasteiger partial charge is 0.439 e. The molecule has 5 heteroatoms. The Morgan fingerprint density at radius 2 is 2.11 bits per heavy atom. The van der Waals surface area contributed by atoms with Gasteiger partial charge in [-0.3, -0.25) is 0 Å². The predicted octanol–water partition coefficient (Wildman–Crippen LogP) is 2.40. The zero-order valence-corrected chi connectivity index (χ0v) is 12.1. The van der Waals surface area contributed by atoms with Crippen molar-refractivity contribution < 1.29 is 4.42 Å². The molecule has 0 aliphatic heterocycles. The average Bonchev–Trinajstić information content (AvgIpc) is 2.91. The normalized spacial score (nSPS) is 12.0. The third-order valence-electron chi connectivity index (χ3n) is 2.85. The second-order valence-corrected chi connectivity index (χ2v) is 5.79. The van der Waals surface area contributed by atoms with E-state index in [4.69, 9.17) is 4.42 Å². The predicted molar refractivity (Wildman–Crippen MR) is 74.8 cm³/mol. The number of hydrogen-bond donors (Lipinski definition) is 1. The Bertz CT molecular complexity index is 522. The van der Waals surface area contributed by atoms with E-state index < -0.39 is 0 Å². The van der Waals surface area contributed by atoms with Gasteiger partial charge in [0.1, 0.15) is 5.69 Å². The third-order valence-corrected chi connectivity index (χ3v) is 2.85. The van der Waals surface area contributed by atoms with Gasteiger partial charge in [0.15, 0.2) is 11.7 Å². The Morgan fingerprint density at radius 3 is 2.74 bits per heavy atom. The highest BCUT2D eigenvalue weighted by Gasteiger charge is 2.10. The van der Waals surface area contributed by atoms with Crippen molar-refractivity contribution in [3.8, 4) is 11.5 Å². The highest BCUT2D eigenvalue weighted by molar-refractivity contribution is 5.49. The summed E-state index contributed by atoms with van der Waals surface area (Å²) in [5.74, 6) is 1.56. The Balaban J connectivity index is 1.87. The molecule has 0 aromatic carbocycles. The molecule has 19 heavy (non-hydrogen) atoms. The van der Waals surface area contributed by atoms with E-state index >= 15 is 0 Å². The minimum atomic E-state index is 0.163. The van der Waals surface area contributed by atoms with Gasteiger partial charge in [-0.2, -0.15) is 0 Å². The summed E-state index contributed by atoms with van der Waals surface area (Å²) in [6.45, 7) is 7.46. The van der Waals surface area contributed by atoms with Crippen LogP contribution >= 0.6 is 0 Å². The minimum absolute atomic E-state index is 0.163. The number of hydrogen-bond acceptors (Lipinski definition) is 4. The Hall–Kier alpha value is -1.62. The molecule has 0 aliphatic carbocycles.